The molecule has 2 aromatic carbocycles. The third-order valence-electron chi connectivity index (χ3n) is 2.99. The van der Waals surface area contributed by atoms with Gasteiger partial charge in [0.1, 0.15) is 4.90 Å². The van der Waals surface area contributed by atoms with Gasteiger partial charge in [-0.05, 0) is 58.2 Å². The monoisotopic (exact) mass is 368 g/mol. The predicted octanol–water partition coefficient (Wildman–Crippen LogP) is 3.78. The highest BCUT2D eigenvalue weighted by Gasteiger charge is 2.17. The number of rotatable bonds is 5. The maximum absolute atomic E-state index is 12.4. The summed E-state index contributed by atoms with van der Waals surface area (Å²) in [6.45, 7) is 2.11. The molecule has 2 aromatic rings. The summed E-state index contributed by atoms with van der Waals surface area (Å²) in [5, 5.41) is 0. The molecule has 0 saturated carbocycles. The Balaban J connectivity index is 2.24. The van der Waals surface area contributed by atoms with Crippen molar-refractivity contribution >= 4 is 37.3 Å². The molecular weight excluding hydrogens is 352 g/mol. The van der Waals surface area contributed by atoms with Crippen molar-refractivity contribution in [1.82, 2.24) is 0 Å². The number of nitrogen functional groups attached to an aromatic ring is 1. The number of hydrogen-bond acceptors (Lipinski definition) is 3. The smallest absolute Gasteiger partial charge is 0.263 e. The number of nitrogens with one attached hydrogen (secondary N) is 1. The Bertz CT molecular complexity index is 728. The van der Waals surface area contributed by atoms with Crippen molar-refractivity contribution in [3.8, 4) is 0 Å². The van der Waals surface area contributed by atoms with Gasteiger partial charge in [-0.25, -0.2) is 8.42 Å². The molecule has 0 amide bonds. The summed E-state index contributed by atoms with van der Waals surface area (Å²) in [7, 11) is -3.64. The number of anilines is 2. The van der Waals surface area contributed by atoms with Crippen LogP contribution in [0.1, 0.15) is 18.9 Å². The second kappa shape index (κ2) is 6.49. The van der Waals surface area contributed by atoms with Gasteiger partial charge in [-0.3, -0.25) is 4.72 Å². The first-order valence-electron chi connectivity index (χ1n) is 6.59. The second-order valence-electron chi connectivity index (χ2n) is 4.74. The fraction of sp³-hybridized carbons (Fsp3) is 0.200. The number of halogens is 1. The van der Waals surface area contributed by atoms with Crippen molar-refractivity contribution in [2.75, 3.05) is 10.5 Å². The molecule has 6 heteroatoms. The highest BCUT2D eigenvalue weighted by Crippen LogP contribution is 2.26. The molecule has 2 rings (SSSR count). The first kappa shape index (κ1) is 15.9. The Kier molecular flexibility index (Phi) is 4.90. The van der Waals surface area contributed by atoms with Gasteiger partial charge in [-0.1, -0.05) is 25.5 Å². The van der Waals surface area contributed by atoms with E-state index in [2.05, 4.69) is 27.6 Å². The van der Waals surface area contributed by atoms with Gasteiger partial charge in [-0.2, -0.15) is 0 Å². The van der Waals surface area contributed by atoms with Crippen molar-refractivity contribution in [2.45, 2.75) is 24.7 Å². The molecule has 0 aliphatic rings. The lowest BCUT2D eigenvalue weighted by Gasteiger charge is -2.10. The predicted molar refractivity (Wildman–Crippen MR) is 89.8 cm³/mol. The zero-order valence-corrected chi connectivity index (χ0v) is 14.0. The number of benzene rings is 2. The number of nitrogens with two attached hydrogens (primary N) is 1. The zero-order valence-electron chi connectivity index (χ0n) is 11.6. The maximum Gasteiger partial charge on any atom is 0.263 e. The van der Waals surface area contributed by atoms with E-state index in [0.29, 0.717) is 15.8 Å². The van der Waals surface area contributed by atoms with Crippen LogP contribution in [0.2, 0.25) is 0 Å². The van der Waals surface area contributed by atoms with Crippen LogP contribution in [0.4, 0.5) is 11.4 Å². The fourth-order valence-electron chi connectivity index (χ4n) is 1.97. The quantitative estimate of drug-likeness (QED) is 0.788. The molecule has 0 aliphatic heterocycles. The van der Waals surface area contributed by atoms with Gasteiger partial charge in [0, 0.05) is 15.8 Å². The van der Waals surface area contributed by atoms with Gasteiger partial charge >= 0.3 is 0 Å². The van der Waals surface area contributed by atoms with Crippen LogP contribution < -0.4 is 10.5 Å². The molecule has 0 unspecified atom stereocenters. The van der Waals surface area contributed by atoms with Crippen LogP contribution in [0.15, 0.2) is 51.8 Å². The molecule has 0 bridgehead atoms. The van der Waals surface area contributed by atoms with Crippen LogP contribution in [0, 0.1) is 0 Å². The van der Waals surface area contributed by atoms with E-state index in [4.69, 9.17) is 5.73 Å². The summed E-state index contributed by atoms with van der Waals surface area (Å²) in [4.78, 5) is 0.161. The number of sulfonamides is 1. The minimum atomic E-state index is -3.64. The average molecular weight is 369 g/mol. The minimum absolute atomic E-state index is 0.161. The molecule has 0 heterocycles. The van der Waals surface area contributed by atoms with Crippen molar-refractivity contribution in [1.29, 1.82) is 0 Å². The normalized spacial score (nSPS) is 11.3. The molecule has 0 atom stereocenters. The molecule has 0 aromatic heterocycles. The summed E-state index contributed by atoms with van der Waals surface area (Å²) in [5.41, 5.74) is 7.86. The number of aryl methyl sites for hydroxylation is 1. The molecule has 0 saturated heterocycles. The molecule has 0 aliphatic carbocycles. The van der Waals surface area contributed by atoms with E-state index in [-0.39, 0.29) is 4.90 Å². The first-order chi connectivity index (χ1) is 9.92. The molecular formula is C15H17BrN2O2S. The maximum atomic E-state index is 12.4. The molecule has 4 nitrogen and oxygen atoms in total. The lowest BCUT2D eigenvalue weighted by atomic mass is 10.1. The Hall–Kier alpha value is -1.53. The lowest BCUT2D eigenvalue weighted by molar-refractivity contribution is 0.601. The zero-order chi connectivity index (χ0) is 15.5. The van der Waals surface area contributed by atoms with Crippen LogP contribution in [-0.4, -0.2) is 8.42 Å². The molecule has 21 heavy (non-hydrogen) atoms. The van der Waals surface area contributed by atoms with Crippen molar-refractivity contribution in [2.24, 2.45) is 0 Å². The van der Waals surface area contributed by atoms with E-state index >= 15 is 0 Å². The summed E-state index contributed by atoms with van der Waals surface area (Å²) in [6, 6.07) is 12.0. The van der Waals surface area contributed by atoms with Gasteiger partial charge < -0.3 is 5.73 Å². The molecule has 0 radical (unpaired) electrons. The standard InChI is InChI=1S/C15H17BrN2O2S/c1-2-3-11-4-7-13(8-5-11)18-21(19,20)15-9-6-12(17)10-14(15)16/h4-10,18H,2-3,17H2,1H3. The van der Waals surface area contributed by atoms with Gasteiger partial charge in [0.2, 0.25) is 0 Å². The van der Waals surface area contributed by atoms with Gasteiger partial charge in [0.05, 0.1) is 0 Å². The van der Waals surface area contributed by atoms with Crippen molar-refractivity contribution in [3.63, 3.8) is 0 Å². The van der Waals surface area contributed by atoms with Crippen LogP contribution in [-0.2, 0) is 16.4 Å². The Morgan fingerprint density at radius 1 is 1.14 bits per heavy atom. The second-order valence-corrected chi connectivity index (χ2v) is 7.25. The van der Waals surface area contributed by atoms with Crippen LogP contribution >= 0.6 is 15.9 Å². The number of hydrogen-bond donors (Lipinski definition) is 2. The van der Waals surface area contributed by atoms with Crippen LogP contribution in [0.3, 0.4) is 0 Å². The topological polar surface area (TPSA) is 72.2 Å². The minimum Gasteiger partial charge on any atom is -0.399 e. The van der Waals surface area contributed by atoms with E-state index < -0.39 is 10.0 Å². The first-order valence-corrected chi connectivity index (χ1v) is 8.87. The van der Waals surface area contributed by atoms with Gasteiger partial charge in [0.25, 0.3) is 10.0 Å². The van der Waals surface area contributed by atoms with Gasteiger partial charge in [0.15, 0.2) is 0 Å². The summed E-state index contributed by atoms with van der Waals surface area (Å²) in [6.07, 6.45) is 2.04. The summed E-state index contributed by atoms with van der Waals surface area (Å²) >= 11 is 3.23. The van der Waals surface area contributed by atoms with Crippen LogP contribution in [0.25, 0.3) is 0 Å². The summed E-state index contributed by atoms with van der Waals surface area (Å²) < 4.78 is 27.7. The van der Waals surface area contributed by atoms with Gasteiger partial charge in [-0.15, -0.1) is 0 Å². The van der Waals surface area contributed by atoms with E-state index in [9.17, 15) is 8.42 Å². The van der Waals surface area contributed by atoms with E-state index in [1.54, 1.807) is 24.3 Å². The Morgan fingerprint density at radius 2 is 1.81 bits per heavy atom. The third kappa shape index (κ3) is 3.98. The Labute approximate surface area is 133 Å². The molecule has 112 valence electrons. The largest absolute Gasteiger partial charge is 0.399 e. The molecule has 0 spiro atoms. The average Bonchev–Trinajstić information content (AvgIpc) is 2.40. The summed E-state index contributed by atoms with van der Waals surface area (Å²) in [5.74, 6) is 0. The van der Waals surface area contributed by atoms with Crippen molar-refractivity contribution in [3.05, 3.63) is 52.5 Å². The van der Waals surface area contributed by atoms with E-state index in [1.807, 2.05) is 12.1 Å². The van der Waals surface area contributed by atoms with Crippen molar-refractivity contribution < 1.29 is 8.42 Å². The van der Waals surface area contributed by atoms with Crippen LogP contribution in [0.5, 0.6) is 0 Å². The molecule has 0 fully saturated rings. The highest BCUT2D eigenvalue weighted by atomic mass is 79.9. The van der Waals surface area contributed by atoms with E-state index in [0.717, 1.165) is 12.8 Å². The fourth-order valence-corrected chi connectivity index (χ4v) is 4.13. The Morgan fingerprint density at radius 3 is 2.38 bits per heavy atom. The lowest BCUT2D eigenvalue weighted by Crippen LogP contribution is -2.13. The highest BCUT2D eigenvalue weighted by molar-refractivity contribution is 9.10. The SMILES string of the molecule is CCCc1ccc(NS(=O)(=O)c2ccc(N)cc2Br)cc1. The van der Waals surface area contributed by atoms with E-state index in [1.165, 1.54) is 11.6 Å². The third-order valence-corrected chi connectivity index (χ3v) is 5.35. The molecule has 3 N–H and O–H groups in total.